The Labute approximate surface area is 173 Å². The van der Waals surface area contributed by atoms with Crippen molar-refractivity contribution >= 4 is 5.65 Å². The summed E-state index contributed by atoms with van der Waals surface area (Å²) >= 11 is 0. The largest absolute Gasteiger partial charge is 0.470 e. The lowest BCUT2D eigenvalue weighted by Gasteiger charge is -2.21. The number of aromatic nitrogens is 6. The molecule has 0 radical (unpaired) electrons. The first-order valence-corrected chi connectivity index (χ1v) is 9.89. The fraction of sp³-hybridized carbons (Fsp3) is 0.381. The van der Waals surface area contributed by atoms with Gasteiger partial charge in [-0.25, -0.2) is 0 Å². The molecule has 9 heteroatoms. The predicted molar refractivity (Wildman–Crippen MR) is 109 cm³/mol. The van der Waals surface area contributed by atoms with E-state index in [1.54, 1.807) is 10.6 Å². The highest BCUT2D eigenvalue weighted by atomic mass is 16.5. The summed E-state index contributed by atoms with van der Waals surface area (Å²) in [6.45, 7) is 10.2. The summed E-state index contributed by atoms with van der Waals surface area (Å²) in [5.41, 5.74) is 5.36. The maximum absolute atomic E-state index is 6.17. The highest BCUT2D eigenvalue weighted by Gasteiger charge is 2.24. The molecule has 5 rings (SSSR count). The maximum atomic E-state index is 6.17. The molecule has 4 aromatic heterocycles. The SMILES string of the molecule is Cc1cc(-c2nnc3cc(C(C)(C)C)c(OCc4cc5c(cn4)CNC5)nn23)no1. The molecule has 4 aromatic rings. The summed E-state index contributed by atoms with van der Waals surface area (Å²) in [5.74, 6) is 1.73. The van der Waals surface area contributed by atoms with Crippen LogP contribution in [0.15, 0.2) is 28.9 Å². The van der Waals surface area contributed by atoms with Crippen molar-refractivity contribution in [2.45, 2.75) is 52.8 Å². The van der Waals surface area contributed by atoms with Crippen LogP contribution in [0.25, 0.3) is 17.2 Å². The Morgan fingerprint density at radius 3 is 2.73 bits per heavy atom. The molecular formula is C21H23N7O2. The van der Waals surface area contributed by atoms with Crippen molar-refractivity contribution < 1.29 is 9.26 Å². The van der Waals surface area contributed by atoms with Gasteiger partial charge in [-0.05, 0) is 35.6 Å². The standard InChI is InChI=1S/C21H23N7O2/c1-12-5-17(27-30-12)19-25-24-18-7-16(21(2,3)4)20(26-28(18)19)29-11-15-6-13-8-22-9-14(13)10-23-15/h5-7,10,22H,8-9,11H2,1-4H3. The van der Waals surface area contributed by atoms with Crippen LogP contribution in [0.4, 0.5) is 0 Å². The van der Waals surface area contributed by atoms with Crippen LogP contribution in [0.2, 0.25) is 0 Å². The van der Waals surface area contributed by atoms with E-state index in [2.05, 4.69) is 52.5 Å². The van der Waals surface area contributed by atoms with Crippen LogP contribution in [-0.4, -0.2) is 30.0 Å². The lowest BCUT2D eigenvalue weighted by atomic mass is 9.88. The second-order valence-corrected chi connectivity index (χ2v) is 8.57. The maximum Gasteiger partial charge on any atom is 0.236 e. The van der Waals surface area contributed by atoms with E-state index < -0.39 is 0 Å². The topological polar surface area (TPSA) is 103 Å². The Balaban J connectivity index is 1.53. The second-order valence-electron chi connectivity index (χ2n) is 8.57. The van der Waals surface area contributed by atoms with E-state index in [0.717, 1.165) is 24.3 Å². The minimum atomic E-state index is -0.185. The summed E-state index contributed by atoms with van der Waals surface area (Å²) < 4.78 is 13.0. The van der Waals surface area contributed by atoms with Gasteiger partial charge in [-0.1, -0.05) is 25.9 Å². The van der Waals surface area contributed by atoms with Gasteiger partial charge in [0.05, 0.1) is 5.69 Å². The van der Waals surface area contributed by atoms with Gasteiger partial charge < -0.3 is 14.6 Å². The van der Waals surface area contributed by atoms with Crippen LogP contribution in [0, 0.1) is 6.92 Å². The van der Waals surface area contributed by atoms with Gasteiger partial charge in [-0.2, -0.15) is 4.52 Å². The van der Waals surface area contributed by atoms with Gasteiger partial charge in [0.2, 0.25) is 11.7 Å². The molecule has 1 aliphatic rings. The molecule has 0 aliphatic carbocycles. The van der Waals surface area contributed by atoms with Gasteiger partial charge in [-0.3, -0.25) is 4.98 Å². The Bertz CT molecular complexity index is 1240. The molecule has 1 N–H and O–H groups in total. The molecule has 30 heavy (non-hydrogen) atoms. The van der Waals surface area contributed by atoms with Crippen LogP contribution in [0.3, 0.4) is 0 Å². The van der Waals surface area contributed by atoms with Gasteiger partial charge in [0.1, 0.15) is 12.4 Å². The molecule has 0 spiro atoms. The zero-order valence-electron chi connectivity index (χ0n) is 17.4. The molecule has 0 fully saturated rings. The Kier molecular flexibility index (Phi) is 4.28. The van der Waals surface area contributed by atoms with Crippen molar-refractivity contribution in [1.29, 1.82) is 0 Å². The Morgan fingerprint density at radius 2 is 1.97 bits per heavy atom. The first-order chi connectivity index (χ1) is 14.4. The number of fused-ring (bicyclic) bond motifs is 2. The third-order valence-electron chi connectivity index (χ3n) is 5.15. The highest BCUT2D eigenvalue weighted by Crippen LogP contribution is 2.32. The zero-order chi connectivity index (χ0) is 20.9. The minimum Gasteiger partial charge on any atom is -0.470 e. The van der Waals surface area contributed by atoms with Gasteiger partial charge in [0, 0.05) is 30.9 Å². The van der Waals surface area contributed by atoms with Crippen molar-refractivity contribution in [2.24, 2.45) is 0 Å². The van der Waals surface area contributed by atoms with E-state index in [1.807, 2.05) is 19.2 Å². The molecule has 154 valence electrons. The summed E-state index contributed by atoms with van der Waals surface area (Å²) in [6, 6.07) is 5.86. The summed E-state index contributed by atoms with van der Waals surface area (Å²) in [6.07, 6.45) is 1.92. The first-order valence-electron chi connectivity index (χ1n) is 9.89. The molecule has 1 aliphatic heterocycles. The summed E-state index contributed by atoms with van der Waals surface area (Å²) in [4.78, 5) is 4.53. The average Bonchev–Trinajstić information content (AvgIpc) is 3.43. The zero-order valence-corrected chi connectivity index (χ0v) is 17.4. The van der Waals surface area contributed by atoms with E-state index in [4.69, 9.17) is 14.4 Å². The minimum absolute atomic E-state index is 0.185. The third kappa shape index (κ3) is 3.30. The molecule has 0 unspecified atom stereocenters. The predicted octanol–water partition coefficient (Wildman–Crippen LogP) is 2.96. The number of hydrogen-bond acceptors (Lipinski definition) is 8. The number of aryl methyl sites for hydroxylation is 1. The Morgan fingerprint density at radius 1 is 1.13 bits per heavy atom. The van der Waals surface area contributed by atoms with Crippen molar-refractivity contribution in [3.63, 3.8) is 0 Å². The number of nitrogens with one attached hydrogen (secondary N) is 1. The molecule has 0 bridgehead atoms. The molecule has 0 atom stereocenters. The van der Waals surface area contributed by atoms with Gasteiger partial charge in [0.25, 0.3) is 0 Å². The third-order valence-corrected chi connectivity index (χ3v) is 5.15. The highest BCUT2D eigenvalue weighted by molar-refractivity contribution is 5.56. The monoisotopic (exact) mass is 405 g/mol. The summed E-state index contributed by atoms with van der Waals surface area (Å²) in [7, 11) is 0. The first kappa shape index (κ1) is 18.7. The Hall–Kier alpha value is -3.33. The van der Waals surface area contributed by atoms with E-state index >= 15 is 0 Å². The molecule has 5 heterocycles. The number of nitrogens with zero attached hydrogens (tertiary/aromatic N) is 6. The van der Waals surface area contributed by atoms with E-state index in [1.165, 1.54) is 11.1 Å². The van der Waals surface area contributed by atoms with Crippen LogP contribution >= 0.6 is 0 Å². The average molecular weight is 405 g/mol. The molecule has 0 saturated heterocycles. The van der Waals surface area contributed by atoms with E-state index in [9.17, 15) is 0 Å². The van der Waals surface area contributed by atoms with Crippen LogP contribution in [-0.2, 0) is 25.1 Å². The van der Waals surface area contributed by atoms with Crippen molar-refractivity contribution in [2.75, 3.05) is 0 Å². The van der Waals surface area contributed by atoms with Crippen molar-refractivity contribution in [1.82, 2.24) is 35.3 Å². The number of ether oxygens (including phenoxy) is 1. The van der Waals surface area contributed by atoms with Crippen molar-refractivity contribution in [3.8, 4) is 17.4 Å². The summed E-state index contributed by atoms with van der Waals surface area (Å²) in [5, 5.41) is 20.6. The number of pyridine rings is 1. The number of hydrogen-bond donors (Lipinski definition) is 1. The lowest BCUT2D eigenvalue weighted by Crippen LogP contribution is -2.16. The number of rotatable bonds is 4. The van der Waals surface area contributed by atoms with Crippen molar-refractivity contribution in [3.05, 3.63) is 52.5 Å². The van der Waals surface area contributed by atoms with Crippen LogP contribution in [0.5, 0.6) is 5.88 Å². The smallest absolute Gasteiger partial charge is 0.236 e. The van der Waals surface area contributed by atoms with E-state index in [-0.39, 0.29) is 5.41 Å². The van der Waals surface area contributed by atoms with E-state index in [0.29, 0.717) is 35.4 Å². The fourth-order valence-electron chi connectivity index (χ4n) is 3.54. The molecule has 0 aromatic carbocycles. The fourth-order valence-corrected chi connectivity index (χ4v) is 3.54. The second kappa shape index (κ2) is 6.88. The molecule has 9 nitrogen and oxygen atoms in total. The normalized spacial score (nSPS) is 13.7. The quantitative estimate of drug-likeness (QED) is 0.553. The molecular weight excluding hydrogens is 382 g/mol. The van der Waals surface area contributed by atoms with Gasteiger partial charge >= 0.3 is 0 Å². The van der Waals surface area contributed by atoms with Crippen LogP contribution in [0.1, 0.15) is 48.9 Å². The lowest BCUT2D eigenvalue weighted by molar-refractivity contribution is 0.276. The molecule has 0 saturated carbocycles. The molecule has 0 amide bonds. The van der Waals surface area contributed by atoms with Crippen LogP contribution < -0.4 is 10.1 Å². The van der Waals surface area contributed by atoms with Gasteiger partial charge in [0.15, 0.2) is 11.3 Å². The van der Waals surface area contributed by atoms with Gasteiger partial charge in [-0.15, -0.1) is 15.3 Å².